The van der Waals surface area contributed by atoms with Crippen LogP contribution >= 0.6 is 11.3 Å². The maximum Gasteiger partial charge on any atom is 0.230 e. The van der Waals surface area contributed by atoms with E-state index in [1.807, 2.05) is 42.5 Å². The number of aromatic hydroxyl groups is 1. The molecule has 5 N–H and O–H groups in total. The zero-order chi connectivity index (χ0) is 21.3. The minimum atomic E-state index is -0.253. The first-order valence-electron chi connectivity index (χ1n) is 9.66. The van der Waals surface area contributed by atoms with Gasteiger partial charge in [0.25, 0.3) is 0 Å². The molecule has 1 atom stereocenters. The van der Waals surface area contributed by atoms with Gasteiger partial charge in [-0.15, -0.1) is 0 Å². The van der Waals surface area contributed by atoms with E-state index in [9.17, 15) is 9.90 Å². The highest BCUT2D eigenvalue weighted by molar-refractivity contribution is 7.17. The summed E-state index contributed by atoms with van der Waals surface area (Å²) in [6.07, 6.45) is 0.870. The van der Waals surface area contributed by atoms with Crippen LogP contribution in [0.25, 0.3) is 0 Å². The van der Waals surface area contributed by atoms with Crippen LogP contribution in [0.3, 0.4) is 0 Å². The van der Waals surface area contributed by atoms with Gasteiger partial charge in [0.05, 0.1) is 12.5 Å². The van der Waals surface area contributed by atoms with Gasteiger partial charge in [-0.2, -0.15) is 0 Å². The molecule has 2 aromatic carbocycles. The lowest BCUT2D eigenvalue weighted by Crippen LogP contribution is -2.24. The van der Waals surface area contributed by atoms with Gasteiger partial charge >= 0.3 is 0 Å². The SMILES string of the molecule is COC(CNCCc1ccc(NC(=O)Cc2nc(N)sc2O)cc1)c1ccccc1. The summed E-state index contributed by atoms with van der Waals surface area (Å²) in [6.45, 7) is 1.56. The van der Waals surface area contributed by atoms with Crippen LogP contribution in [0, 0.1) is 0 Å². The number of hydrogen-bond acceptors (Lipinski definition) is 7. The average molecular weight is 427 g/mol. The minimum Gasteiger partial charge on any atom is -0.498 e. The van der Waals surface area contributed by atoms with Crippen molar-refractivity contribution in [1.29, 1.82) is 0 Å². The van der Waals surface area contributed by atoms with Crippen molar-refractivity contribution in [3.8, 4) is 5.06 Å². The number of amides is 1. The standard InChI is InChI=1S/C22H26N4O3S/c1-29-19(16-5-3-2-4-6-16)14-24-12-11-15-7-9-17(10-8-15)25-20(27)13-18-21(28)30-22(23)26-18/h2-10,19,24,28H,11-14H2,1H3,(H2,23,26)(H,25,27). The number of nitrogens with two attached hydrogens (primary N) is 1. The molecule has 7 nitrogen and oxygen atoms in total. The molecule has 0 fully saturated rings. The molecule has 0 aliphatic heterocycles. The Morgan fingerprint density at radius 1 is 1.20 bits per heavy atom. The van der Waals surface area contributed by atoms with Crippen LogP contribution in [-0.2, 0) is 22.4 Å². The number of hydrogen-bond donors (Lipinski definition) is 4. The number of aromatic nitrogens is 1. The fraction of sp³-hybridized carbons (Fsp3) is 0.273. The fourth-order valence-corrected chi connectivity index (χ4v) is 3.65. The number of nitrogen functional groups attached to an aromatic ring is 1. The Labute approximate surface area is 179 Å². The Morgan fingerprint density at radius 2 is 1.93 bits per heavy atom. The number of nitrogens with zero attached hydrogens (tertiary/aromatic N) is 1. The van der Waals surface area contributed by atoms with Crippen LogP contribution in [0.4, 0.5) is 10.8 Å². The number of methoxy groups -OCH3 is 1. The first-order valence-corrected chi connectivity index (χ1v) is 10.5. The molecule has 0 spiro atoms. The predicted molar refractivity (Wildman–Crippen MR) is 120 cm³/mol. The number of nitrogens with one attached hydrogen (secondary N) is 2. The second kappa shape index (κ2) is 10.7. The molecule has 0 bridgehead atoms. The Kier molecular flexibility index (Phi) is 7.78. The third-order valence-electron chi connectivity index (χ3n) is 4.64. The van der Waals surface area contributed by atoms with Gasteiger partial charge in [-0.3, -0.25) is 4.79 Å². The van der Waals surface area contributed by atoms with Gasteiger partial charge in [0, 0.05) is 19.3 Å². The van der Waals surface area contributed by atoms with Crippen LogP contribution < -0.4 is 16.4 Å². The number of thiazole rings is 1. The first kappa shape index (κ1) is 21.8. The third-order valence-corrected chi connectivity index (χ3v) is 5.36. The third kappa shape index (κ3) is 6.28. The van der Waals surface area contributed by atoms with E-state index < -0.39 is 0 Å². The normalized spacial score (nSPS) is 11.9. The number of ether oxygens (including phenoxy) is 1. The molecule has 0 saturated carbocycles. The van der Waals surface area contributed by atoms with Crippen LogP contribution in [0.1, 0.15) is 22.9 Å². The molecule has 158 valence electrons. The van der Waals surface area contributed by atoms with Crippen molar-refractivity contribution >= 4 is 28.1 Å². The average Bonchev–Trinajstić information content (AvgIpc) is 3.06. The highest BCUT2D eigenvalue weighted by Crippen LogP contribution is 2.27. The molecule has 1 aromatic heterocycles. The van der Waals surface area contributed by atoms with Crippen molar-refractivity contribution in [2.24, 2.45) is 0 Å². The van der Waals surface area contributed by atoms with Crippen molar-refractivity contribution in [2.45, 2.75) is 18.9 Å². The molecule has 1 unspecified atom stereocenters. The minimum absolute atomic E-state index is 0.0199. The number of rotatable bonds is 10. The predicted octanol–water partition coefficient (Wildman–Crippen LogP) is 3.13. The molecule has 8 heteroatoms. The lowest BCUT2D eigenvalue weighted by Gasteiger charge is -2.16. The second-order valence-corrected chi connectivity index (χ2v) is 7.82. The largest absolute Gasteiger partial charge is 0.498 e. The summed E-state index contributed by atoms with van der Waals surface area (Å²) in [5.41, 5.74) is 8.84. The molecule has 0 saturated heterocycles. The molecule has 3 rings (SSSR count). The zero-order valence-corrected chi connectivity index (χ0v) is 17.6. The molecular formula is C22H26N4O3S. The highest BCUT2D eigenvalue weighted by Gasteiger charge is 2.13. The summed E-state index contributed by atoms with van der Waals surface area (Å²) in [5, 5.41) is 16.1. The number of carbonyl (C=O) groups is 1. The summed E-state index contributed by atoms with van der Waals surface area (Å²) in [4.78, 5) is 16.1. The van der Waals surface area contributed by atoms with Gasteiger partial charge in [-0.1, -0.05) is 53.8 Å². The quantitative estimate of drug-likeness (QED) is 0.371. The first-order chi connectivity index (χ1) is 14.5. The Hall–Kier alpha value is -2.94. The second-order valence-electron chi connectivity index (χ2n) is 6.81. The summed E-state index contributed by atoms with van der Waals surface area (Å²) in [6, 6.07) is 17.8. The van der Waals surface area contributed by atoms with Crippen LogP contribution in [-0.4, -0.2) is 36.2 Å². The Balaban J connectivity index is 1.42. The molecule has 1 amide bonds. The van der Waals surface area contributed by atoms with Crippen molar-refractivity contribution in [3.05, 3.63) is 71.4 Å². The van der Waals surface area contributed by atoms with E-state index in [0.29, 0.717) is 11.4 Å². The van der Waals surface area contributed by atoms with Crippen molar-refractivity contribution in [1.82, 2.24) is 10.3 Å². The molecule has 3 aromatic rings. The molecule has 0 aliphatic carbocycles. The Bertz CT molecular complexity index is 945. The molecule has 1 heterocycles. The van der Waals surface area contributed by atoms with Crippen LogP contribution in [0.5, 0.6) is 5.06 Å². The van der Waals surface area contributed by atoms with E-state index >= 15 is 0 Å². The van der Waals surface area contributed by atoms with Gasteiger partial charge in [0.15, 0.2) is 10.2 Å². The van der Waals surface area contributed by atoms with Crippen LogP contribution in [0.2, 0.25) is 0 Å². The van der Waals surface area contributed by atoms with E-state index in [4.69, 9.17) is 10.5 Å². The molecule has 0 radical (unpaired) electrons. The number of carbonyl (C=O) groups excluding carboxylic acids is 1. The fourth-order valence-electron chi connectivity index (χ4n) is 3.06. The summed E-state index contributed by atoms with van der Waals surface area (Å²) in [5.74, 6) is -0.253. The highest BCUT2D eigenvalue weighted by atomic mass is 32.1. The van der Waals surface area contributed by atoms with Gasteiger partial charge in [-0.25, -0.2) is 4.98 Å². The van der Waals surface area contributed by atoms with Crippen LogP contribution in [0.15, 0.2) is 54.6 Å². The zero-order valence-electron chi connectivity index (χ0n) is 16.8. The summed E-state index contributed by atoms with van der Waals surface area (Å²) >= 11 is 0.959. The molecule has 0 aliphatic rings. The van der Waals surface area contributed by atoms with E-state index in [0.717, 1.165) is 36.4 Å². The van der Waals surface area contributed by atoms with Gasteiger partial charge < -0.3 is 26.2 Å². The number of benzene rings is 2. The van der Waals surface area contributed by atoms with Gasteiger partial charge in [-0.05, 0) is 36.2 Å². The van der Waals surface area contributed by atoms with E-state index in [-0.39, 0.29) is 28.6 Å². The van der Waals surface area contributed by atoms with Crippen molar-refractivity contribution in [3.63, 3.8) is 0 Å². The van der Waals surface area contributed by atoms with Gasteiger partial charge in [0.2, 0.25) is 5.91 Å². The smallest absolute Gasteiger partial charge is 0.230 e. The lowest BCUT2D eigenvalue weighted by atomic mass is 10.1. The maximum atomic E-state index is 12.1. The summed E-state index contributed by atoms with van der Waals surface area (Å²) < 4.78 is 5.56. The lowest BCUT2D eigenvalue weighted by molar-refractivity contribution is -0.115. The van der Waals surface area contributed by atoms with E-state index in [1.165, 1.54) is 5.56 Å². The topological polar surface area (TPSA) is 110 Å². The Morgan fingerprint density at radius 3 is 2.57 bits per heavy atom. The maximum absolute atomic E-state index is 12.1. The van der Waals surface area contributed by atoms with Crippen molar-refractivity contribution in [2.75, 3.05) is 31.2 Å². The summed E-state index contributed by atoms with van der Waals surface area (Å²) in [7, 11) is 1.72. The monoisotopic (exact) mass is 426 g/mol. The molecular weight excluding hydrogens is 400 g/mol. The molecule has 30 heavy (non-hydrogen) atoms. The van der Waals surface area contributed by atoms with Gasteiger partial charge in [0.1, 0.15) is 5.69 Å². The van der Waals surface area contributed by atoms with E-state index in [1.54, 1.807) is 7.11 Å². The van der Waals surface area contributed by atoms with E-state index in [2.05, 4.69) is 27.8 Å². The number of anilines is 2. The van der Waals surface area contributed by atoms with Crippen molar-refractivity contribution < 1.29 is 14.6 Å².